The highest BCUT2D eigenvalue weighted by atomic mass is 32.2. The van der Waals surface area contributed by atoms with Crippen LogP contribution in [0.25, 0.3) is 16.6 Å². The molecule has 3 aromatic carbocycles. The third-order valence-corrected chi connectivity index (χ3v) is 6.77. The minimum atomic E-state index is -0.542. The molecule has 7 heteroatoms. The number of hydrogen-bond acceptors (Lipinski definition) is 5. The van der Waals surface area contributed by atoms with Gasteiger partial charge in [-0.05, 0) is 57.2 Å². The highest BCUT2D eigenvalue weighted by Crippen LogP contribution is 2.28. The van der Waals surface area contributed by atoms with Crippen LogP contribution >= 0.6 is 11.8 Å². The summed E-state index contributed by atoms with van der Waals surface area (Å²) in [6.07, 6.45) is 0.222. The zero-order valence-corrected chi connectivity index (χ0v) is 20.7. The number of amides is 1. The molecular formula is C28H26N4O2S. The molecule has 0 aliphatic rings. The highest BCUT2D eigenvalue weighted by molar-refractivity contribution is 8.00. The van der Waals surface area contributed by atoms with Crippen LogP contribution in [0.5, 0.6) is 0 Å². The lowest BCUT2D eigenvalue weighted by Gasteiger charge is -2.25. The zero-order valence-electron chi connectivity index (χ0n) is 19.9. The molecule has 1 amide bonds. The molecule has 0 radical (unpaired) electrons. The molecule has 0 aliphatic heterocycles. The van der Waals surface area contributed by atoms with Gasteiger partial charge in [-0.1, -0.05) is 59.3 Å². The molecule has 0 saturated heterocycles. The molecule has 1 heterocycles. The molecule has 4 rings (SSSR count). The Bertz CT molecular complexity index is 1450. The Kier molecular flexibility index (Phi) is 7.33. The Hall–Kier alpha value is -3.89. The second kappa shape index (κ2) is 10.6. The van der Waals surface area contributed by atoms with Gasteiger partial charge in [0.1, 0.15) is 0 Å². The van der Waals surface area contributed by atoms with Crippen molar-refractivity contribution in [2.45, 2.75) is 37.6 Å². The number of carbonyl (C=O) groups excluding carboxylic acids is 1. The molecule has 1 aromatic heterocycles. The maximum absolute atomic E-state index is 13.6. The monoisotopic (exact) mass is 482 g/mol. The fourth-order valence-corrected chi connectivity index (χ4v) is 4.78. The predicted octanol–water partition coefficient (Wildman–Crippen LogP) is 5.43. The summed E-state index contributed by atoms with van der Waals surface area (Å²) in [5.74, 6) is -0.146. The number of nitrogens with zero attached hydrogens (tertiary/aromatic N) is 4. The Balaban J connectivity index is 1.74. The average Bonchev–Trinajstić information content (AvgIpc) is 2.86. The first-order valence-corrected chi connectivity index (χ1v) is 12.3. The van der Waals surface area contributed by atoms with Crippen LogP contribution in [0.15, 0.2) is 82.7 Å². The lowest BCUT2D eigenvalue weighted by Crippen LogP contribution is -2.37. The van der Waals surface area contributed by atoms with E-state index in [9.17, 15) is 9.59 Å². The van der Waals surface area contributed by atoms with Crippen molar-refractivity contribution in [3.05, 3.63) is 94.3 Å². The van der Waals surface area contributed by atoms with E-state index >= 15 is 0 Å². The first-order chi connectivity index (χ1) is 16.9. The molecule has 6 nitrogen and oxygen atoms in total. The normalized spacial score (nSPS) is 11.7. The topological polar surface area (TPSA) is 79.0 Å². The van der Waals surface area contributed by atoms with Crippen LogP contribution in [0, 0.1) is 25.2 Å². The fourth-order valence-electron chi connectivity index (χ4n) is 3.79. The molecule has 0 fully saturated rings. The quantitative estimate of drug-likeness (QED) is 0.259. The van der Waals surface area contributed by atoms with Crippen LogP contribution in [0.4, 0.5) is 5.69 Å². The number of anilines is 1. The van der Waals surface area contributed by atoms with Gasteiger partial charge in [-0.2, -0.15) is 5.26 Å². The Morgan fingerprint density at radius 3 is 2.31 bits per heavy atom. The van der Waals surface area contributed by atoms with Gasteiger partial charge in [-0.25, -0.2) is 4.98 Å². The van der Waals surface area contributed by atoms with Gasteiger partial charge < -0.3 is 4.90 Å². The van der Waals surface area contributed by atoms with E-state index in [4.69, 9.17) is 10.2 Å². The molecule has 0 N–H and O–H groups in total. The van der Waals surface area contributed by atoms with Crippen LogP contribution in [0.2, 0.25) is 0 Å². The van der Waals surface area contributed by atoms with Crippen molar-refractivity contribution in [3.63, 3.8) is 0 Å². The molecule has 0 spiro atoms. The first kappa shape index (κ1) is 24.2. The largest absolute Gasteiger partial charge is 0.310 e. The maximum atomic E-state index is 13.6. The lowest BCUT2D eigenvalue weighted by molar-refractivity contribution is -0.117. The summed E-state index contributed by atoms with van der Waals surface area (Å²) < 4.78 is 1.57. The summed E-state index contributed by atoms with van der Waals surface area (Å²) in [4.78, 5) is 33.5. The van der Waals surface area contributed by atoms with E-state index in [1.165, 1.54) is 11.8 Å². The average molecular weight is 483 g/mol. The number of thioether (sulfide) groups is 1. The van der Waals surface area contributed by atoms with Crippen molar-refractivity contribution in [3.8, 4) is 11.8 Å². The van der Waals surface area contributed by atoms with Gasteiger partial charge in [0.2, 0.25) is 5.91 Å². The van der Waals surface area contributed by atoms with E-state index in [2.05, 4.69) is 6.07 Å². The van der Waals surface area contributed by atoms with Gasteiger partial charge in [0, 0.05) is 12.2 Å². The van der Waals surface area contributed by atoms with Gasteiger partial charge in [-0.15, -0.1) is 0 Å². The lowest BCUT2D eigenvalue weighted by atomic mass is 10.2. The van der Waals surface area contributed by atoms with E-state index in [1.54, 1.807) is 28.5 Å². The summed E-state index contributed by atoms with van der Waals surface area (Å²) in [7, 11) is 0. The van der Waals surface area contributed by atoms with Gasteiger partial charge in [0.15, 0.2) is 5.16 Å². The van der Waals surface area contributed by atoms with Crippen molar-refractivity contribution in [2.24, 2.45) is 0 Å². The standard InChI is InChI=1S/C28H26N4O2S/c1-19-9-13-22(14-10-19)31(18-6-17-29)26(33)21(3)35-28-30-25-8-5-4-7-24(25)27(34)32(28)23-15-11-20(2)12-16-23/h4-5,7-16,21H,6,18H2,1-3H3. The van der Waals surface area contributed by atoms with Crippen LogP contribution in [0.1, 0.15) is 24.5 Å². The Morgan fingerprint density at radius 1 is 1.03 bits per heavy atom. The number of hydrogen-bond donors (Lipinski definition) is 0. The second-order valence-electron chi connectivity index (χ2n) is 8.38. The third kappa shape index (κ3) is 5.28. The van der Waals surface area contributed by atoms with Crippen molar-refractivity contribution in [1.29, 1.82) is 5.26 Å². The molecule has 0 bridgehead atoms. The SMILES string of the molecule is Cc1ccc(N(CCC#N)C(=O)C(C)Sc2nc3ccccc3c(=O)n2-c2ccc(C)cc2)cc1. The Morgan fingerprint density at radius 2 is 1.66 bits per heavy atom. The number of rotatable bonds is 7. The number of carbonyl (C=O) groups is 1. The van der Waals surface area contributed by atoms with Crippen molar-refractivity contribution < 1.29 is 4.79 Å². The summed E-state index contributed by atoms with van der Waals surface area (Å²) in [6.45, 7) is 6.07. The van der Waals surface area contributed by atoms with Gasteiger partial charge >= 0.3 is 0 Å². The van der Waals surface area contributed by atoms with Crippen LogP contribution < -0.4 is 10.5 Å². The number of aromatic nitrogens is 2. The van der Waals surface area contributed by atoms with E-state index in [1.807, 2.05) is 74.5 Å². The van der Waals surface area contributed by atoms with E-state index in [0.29, 0.717) is 28.3 Å². The number of nitriles is 1. The van der Waals surface area contributed by atoms with Crippen LogP contribution in [-0.4, -0.2) is 27.3 Å². The van der Waals surface area contributed by atoms with E-state index < -0.39 is 5.25 Å². The maximum Gasteiger partial charge on any atom is 0.266 e. The minimum Gasteiger partial charge on any atom is -0.310 e. The predicted molar refractivity (Wildman–Crippen MR) is 141 cm³/mol. The number of benzene rings is 3. The summed E-state index contributed by atoms with van der Waals surface area (Å²) in [6, 6.07) is 24.7. The van der Waals surface area contributed by atoms with Crippen molar-refractivity contribution in [1.82, 2.24) is 9.55 Å². The smallest absolute Gasteiger partial charge is 0.266 e. The molecule has 0 saturated carbocycles. The highest BCUT2D eigenvalue weighted by Gasteiger charge is 2.25. The number of fused-ring (bicyclic) bond motifs is 1. The van der Waals surface area contributed by atoms with Gasteiger partial charge in [-0.3, -0.25) is 14.2 Å². The van der Waals surface area contributed by atoms with Crippen LogP contribution in [-0.2, 0) is 4.79 Å². The number of aryl methyl sites for hydroxylation is 2. The summed E-state index contributed by atoms with van der Waals surface area (Å²) in [5, 5.41) is 9.56. The minimum absolute atomic E-state index is 0.146. The van der Waals surface area contributed by atoms with E-state index in [-0.39, 0.29) is 17.9 Å². The second-order valence-corrected chi connectivity index (χ2v) is 9.69. The van der Waals surface area contributed by atoms with Crippen molar-refractivity contribution in [2.75, 3.05) is 11.4 Å². The zero-order chi connectivity index (χ0) is 24.9. The molecule has 1 atom stereocenters. The summed E-state index contributed by atoms with van der Waals surface area (Å²) in [5.41, 5.74) is 4.02. The van der Waals surface area contributed by atoms with E-state index in [0.717, 1.165) is 16.8 Å². The molecule has 35 heavy (non-hydrogen) atoms. The molecule has 1 unspecified atom stereocenters. The van der Waals surface area contributed by atoms with Crippen molar-refractivity contribution >= 4 is 34.3 Å². The third-order valence-electron chi connectivity index (χ3n) is 5.73. The first-order valence-electron chi connectivity index (χ1n) is 11.4. The Labute approximate surface area is 208 Å². The molecule has 4 aromatic rings. The fraction of sp³-hybridized carbons (Fsp3) is 0.214. The molecule has 0 aliphatic carbocycles. The van der Waals surface area contributed by atoms with Crippen LogP contribution in [0.3, 0.4) is 0 Å². The van der Waals surface area contributed by atoms with Gasteiger partial charge in [0.25, 0.3) is 5.56 Å². The van der Waals surface area contributed by atoms with Gasteiger partial charge in [0.05, 0.1) is 34.3 Å². The number of para-hydroxylation sites is 1. The molecule has 176 valence electrons. The molecular weight excluding hydrogens is 456 g/mol. The summed E-state index contributed by atoms with van der Waals surface area (Å²) >= 11 is 1.24.